The zero-order valence-electron chi connectivity index (χ0n) is 11.1. The predicted molar refractivity (Wildman–Crippen MR) is 73.8 cm³/mol. The van der Waals surface area contributed by atoms with E-state index in [1.54, 1.807) is 12.1 Å². The van der Waals surface area contributed by atoms with Crippen molar-refractivity contribution in [2.24, 2.45) is 0 Å². The fourth-order valence-corrected chi connectivity index (χ4v) is 2.51. The van der Waals surface area contributed by atoms with Gasteiger partial charge in [0, 0.05) is 17.9 Å². The summed E-state index contributed by atoms with van der Waals surface area (Å²) in [7, 11) is 0. The molecule has 3 heterocycles. The van der Waals surface area contributed by atoms with Crippen molar-refractivity contribution < 1.29 is 9.26 Å². The van der Waals surface area contributed by atoms with Crippen LogP contribution in [0.25, 0.3) is 22.4 Å². The molecule has 106 valence electrons. The maximum Gasteiger partial charge on any atom is 0.279 e. The summed E-state index contributed by atoms with van der Waals surface area (Å²) >= 11 is 0. The van der Waals surface area contributed by atoms with Crippen molar-refractivity contribution in [3.8, 4) is 11.6 Å². The highest BCUT2D eigenvalue weighted by Crippen LogP contribution is 2.27. The lowest BCUT2D eigenvalue weighted by molar-refractivity contribution is 0.192. The maximum atomic E-state index is 11.8. The van der Waals surface area contributed by atoms with Crippen molar-refractivity contribution in [2.45, 2.75) is 12.3 Å². The highest BCUT2D eigenvalue weighted by Gasteiger charge is 2.24. The van der Waals surface area contributed by atoms with E-state index < -0.39 is 0 Å². The van der Waals surface area contributed by atoms with Crippen LogP contribution in [-0.4, -0.2) is 33.6 Å². The Hall–Kier alpha value is -2.54. The van der Waals surface area contributed by atoms with Gasteiger partial charge in [0.25, 0.3) is 11.4 Å². The first-order valence-corrected chi connectivity index (χ1v) is 6.72. The highest BCUT2D eigenvalue weighted by molar-refractivity contribution is 5.91. The molecule has 0 aliphatic carbocycles. The SMILES string of the molecule is O=c1[nH]nc(-c2nc(C3CCOC3)no2)c2ccccc12. The molecular weight excluding hydrogens is 272 g/mol. The van der Waals surface area contributed by atoms with Crippen molar-refractivity contribution in [3.63, 3.8) is 0 Å². The summed E-state index contributed by atoms with van der Waals surface area (Å²) in [4.78, 5) is 16.2. The van der Waals surface area contributed by atoms with Crippen molar-refractivity contribution in [2.75, 3.05) is 13.2 Å². The van der Waals surface area contributed by atoms with Gasteiger partial charge in [0.05, 0.1) is 12.0 Å². The van der Waals surface area contributed by atoms with E-state index in [9.17, 15) is 4.79 Å². The fraction of sp³-hybridized carbons (Fsp3) is 0.286. The van der Waals surface area contributed by atoms with E-state index in [4.69, 9.17) is 9.26 Å². The highest BCUT2D eigenvalue weighted by atomic mass is 16.5. The number of hydrogen-bond acceptors (Lipinski definition) is 6. The maximum absolute atomic E-state index is 11.8. The molecule has 1 aromatic carbocycles. The van der Waals surface area contributed by atoms with E-state index in [-0.39, 0.29) is 11.5 Å². The molecular formula is C14H12N4O3. The monoisotopic (exact) mass is 284 g/mol. The van der Waals surface area contributed by atoms with E-state index >= 15 is 0 Å². The number of nitrogens with zero attached hydrogens (tertiary/aromatic N) is 3. The van der Waals surface area contributed by atoms with Gasteiger partial charge in [-0.3, -0.25) is 4.79 Å². The number of benzene rings is 1. The summed E-state index contributed by atoms with van der Waals surface area (Å²) in [6.45, 7) is 1.33. The Balaban J connectivity index is 1.83. The number of aromatic nitrogens is 4. The third kappa shape index (κ3) is 2.02. The van der Waals surface area contributed by atoms with Crippen LogP contribution in [0.15, 0.2) is 33.6 Å². The minimum Gasteiger partial charge on any atom is -0.381 e. The van der Waals surface area contributed by atoms with Crippen LogP contribution in [0.5, 0.6) is 0 Å². The molecule has 1 unspecified atom stereocenters. The van der Waals surface area contributed by atoms with E-state index in [0.717, 1.165) is 6.42 Å². The van der Waals surface area contributed by atoms with Crippen molar-refractivity contribution in [3.05, 3.63) is 40.4 Å². The molecule has 0 radical (unpaired) electrons. The van der Waals surface area contributed by atoms with Crippen molar-refractivity contribution in [1.29, 1.82) is 0 Å². The lowest BCUT2D eigenvalue weighted by atomic mass is 10.1. The Morgan fingerprint density at radius 2 is 2.10 bits per heavy atom. The van der Waals surface area contributed by atoms with Crippen molar-refractivity contribution >= 4 is 10.8 Å². The van der Waals surface area contributed by atoms with Crippen LogP contribution in [-0.2, 0) is 4.74 Å². The number of H-pyrrole nitrogens is 1. The lowest BCUT2D eigenvalue weighted by Gasteiger charge is -2.00. The second-order valence-electron chi connectivity index (χ2n) is 4.97. The first-order chi connectivity index (χ1) is 10.3. The molecule has 2 aromatic heterocycles. The van der Waals surface area contributed by atoms with Gasteiger partial charge in [-0.25, -0.2) is 5.10 Å². The molecule has 1 fully saturated rings. The molecule has 1 aliphatic rings. The molecule has 0 saturated carbocycles. The van der Waals surface area contributed by atoms with Gasteiger partial charge in [-0.2, -0.15) is 10.1 Å². The summed E-state index contributed by atoms with van der Waals surface area (Å²) in [6.07, 6.45) is 0.888. The molecule has 4 rings (SSSR count). The fourth-order valence-electron chi connectivity index (χ4n) is 2.51. The first-order valence-electron chi connectivity index (χ1n) is 6.72. The Kier molecular flexibility index (Phi) is 2.78. The molecule has 0 spiro atoms. The third-order valence-electron chi connectivity index (χ3n) is 3.64. The normalized spacial score (nSPS) is 18.4. The number of hydrogen-bond donors (Lipinski definition) is 1. The molecule has 21 heavy (non-hydrogen) atoms. The number of fused-ring (bicyclic) bond motifs is 1. The van der Waals surface area contributed by atoms with E-state index in [1.165, 1.54) is 0 Å². The second-order valence-corrected chi connectivity index (χ2v) is 4.97. The molecule has 1 N–H and O–H groups in total. The molecule has 1 saturated heterocycles. The van der Waals surface area contributed by atoms with Crippen LogP contribution in [0.1, 0.15) is 18.2 Å². The van der Waals surface area contributed by atoms with Crippen LogP contribution in [0, 0.1) is 0 Å². The Labute approximate surface area is 118 Å². The average Bonchev–Trinajstić information content (AvgIpc) is 3.19. The predicted octanol–water partition coefficient (Wildman–Crippen LogP) is 1.48. The van der Waals surface area contributed by atoms with Crippen LogP contribution >= 0.6 is 0 Å². The molecule has 7 nitrogen and oxygen atoms in total. The first kappa shape index (κ1) is 12.2. The summed E-state index contributed by atoms with van der Waals surface area (Å²) in [5.74, 6) is 1.10. The largest absolute Gasteiger partial charge is 0.381 e. The smallest absolute Gasteiger partial charge is 0.279 e. The van der Waals surface area contributed by atoms with Crippen LogP contribution in [0.3, 0.4) is 0 Å². The summed E-state index contributed by atoms with van der Waals surface area (Å²) in [5.41, 5.74) is 0.251. The van der Waals surface area contributed by atoms with Gasteiger partial charge >= 0.3 is 0 Å². The topological polar surface area (TPSA) is 93.9 Å². The number of ether oxygens (including phenoxy) is 1. The third-order valence-corrected chi connectivity index (χ3v) is 3.64. The number of aromatic amines is 1. The van der Waals surface area contributed by atoms with Gasteiger partial charge in [0.2, 0.25) is 0 Å². The molecule has 3 aromatic rings. The number of rotatable bonds is 2. The molecule has 1 aliphatic heterocycles. The number of nitrogens with one attached hydrogen (secondary N) is 1. The average molecular weight is 284 g/mol. The second kappa shape index (κ2) is 4.78. The van der Waals surface area contributed by atoms with E-state index in [1.807, 2.05) is 12.1 Å². The zero-order chi connectivity index (χ0) is 14.2. The Morgan fingerprint density at radius 3 is 2.90 bits per heavy atom. The minimum absolute atomic E-state index is 0.163. The van der Waals surface area contributed by atoms with Gasteiger partial charge in [-0.05, 0) is 12.5 Å². The van der Waals surface area contributed by atoms with Gasteiger partial charge in [0.15, 0.2) is 11.5 Å². The van der Waals surface area contributed by atoms with Gasteiger partial charge in [0.1, 0.15) is 0 Å². The molecule has 0 bridgehead atoms. The van der Waals surface area contributed by atoms with Gasteiger partial charge < -0.3 is 9.26 Å². The Morgan fingerprint density at radius 1 is 1.24 bits per heavy atom. The Bertz CT molecular complexity index is 849. The van der Waals surface area contributed by atoms with Crippen molar-refractivity contribution in [1.82, 2.24) is 20.3 Å². The van der Waals surface area contributed by atoms with Gasteiger partial charge in [-0.1, -0.05) is 23.4 Å². The summed E-state index contributed by atoms with van der Waals surface area (Å²) < 4.78 is 10.6. The zero-order valence-corrected chi connectivity index (χ0v) is 11.1. The standard InChI is InChI=1S/C14H12N4O3/c19-13-10-4-2-1-3-9(10)11(16-17-13)14-15-12(18-21-14)8-5-6-20-7-8/h1-4,8H,5-7H2,(H,17,19). The quantitative estimate of drug-likeness (QED) is 0.766. The summed E-state index contributed by atoms with van der Waals surface area (Å²) in [5, 5.41) is 11.8. The lowest BCUT2D eigenvalue weighted by Crippen LogP contribution is -2.09. The van der Waals surface area contributed by atoms with Crippen LogP contribution in [0.4, 0.5) is 0 Å². The summed E-state index contributed by atoms with van der Waals surface area (Å²) in [6, 6.07) is 7.20. The minimum atomic E-state index is -0.238. The molecule has 1 atom stereocenters. The van der Waals surface area contributed by atoms with E-state index in [2.05, 4.69) is 20.3 Å². The molecule has 0 amide bonds. The van der Waals surface area contributed by atoms with Crippen LogP contribution < -0.4 is 5.56 Å². The molecule has 7 heteroatoms. The van der Waals surface area contributed by atoms with Gasteiger partial charge in [-0.15, -0.1) is 0 Å². The van der Waals surface area contributed by atoms with E-state index in [0.29, 0.717) is 41.4 Å². The van der Waals surface area contributed by atoms with Crippen LogP contribution in [0.2, 0.25) is 0 Å².